The molecule has 0 unspecified atom stereocenters. The van der Waals surface area contributed by atoms with Crippen LogP contribution in [-0.4, -0.2) is 36.5 Å². The Bertz CT molecular complexity index is 1600. The Morgan fingerprint density at radius 3 is 2.50 bits per heavy atom. The second-order valence-corrected chi connectivity index (χ2v) is 10.8. The van der Waals surface area contributed by atoms with E-state index in [1.807, 2.05) is 63.2 Å². The maximum atomic E-state index is 14.0. The number of carbonyl (C=O) groups excluding carboxylic acids is 1. The van der Waals surface area contributed by atoms with Gasteiger partial charge in [0.1, 0.15) is 11.8 Å². The number of esters is 1. The van der Waals surface area contributed by atoms with Gasteiger partial charge in [-0.1, -0.05) is 42.5 Å². The van der Waals surface area contributed by atoms with E-state index in [0.717, 1.165) is 12.0 Å². The molecule has 2 heterocycles. The number of ether oxygens (including phenoxy) is 4. The number of aromatic nitrogens is 1. The van der Waals surface area contributed by atoms with Crippen molar-refractivity contribution in [3.8, 4) is 17.2 Å². The number of hydrogen-bond donors (Lipinski definition) is 0. The number of thiazole rings is 1. The summed E-state index contributed by atoms with van der Waals surface area (Å²) in [4.78, 5) is 32.4. The predicted molar refractivity (Wildman–Crippen MR) is 156 cm³/mol. The maximum absolute atomic E-state index is 14.0. The number of fused-ring (bicyclic) bond motifs is 1. The molecule has 0 saturated carbocycles. The van der Waals surface area contributed by atoms with Gasteiger partial charge in [-0.3, -0.25) is 9.36 Å². The minimum absolute atomic E-state index is 0.0443. The quantitative estimate of drug-likeness (QED) is 0.330. The van der Waals surface area contributed by atoms with E-state index in [4.69, 9.17) is 18.9 Å². The third-order valence-electron chi connectivity index (χ3n) is 6.48. The Balaban J connectivity index is 1.90. The molecule has 0 amide bonds. The van der Waals surface area contributed by atoms with E-state index in [9.17, 15) is 9.59 Å². The third kappa shape index (κ3) is 5.99. The molecule has 212 valence electrons. The molecule has 2 atom stereocenters. The Labute approximate surface area is 238 Å². The zero-order valence-electron chi connectivity index (χ0n) is 24.0. The number of methoxy groups -OCH3 is 1. The lowest BCUT2D eigenvalue weighted by molar-refractivity contribution is -0.139. The van der Waals surface area contributed by atoms with Crippen LogP contribution >= 0.6 is 11.3 Å². The molecule has 0 aliphatic carbocycles. The number of rotatable bonds is 10. The van der Waals surface area contributed by atoms with Gasteiger partial charge >= 0.3 is 5.97 Å². The first-order chi connectivity index (χ1) is 19.2. The van der Waals surface area contributed by atoms with Crippen LogP contribution in [0.3, 0.4) is 0 Å². The molecule has 0 N–H and O–H groups in total. The highest BCUT2D eigenvalue weighted by atomic mass is 32.1. The third-order valence-corrected chi connectivity index (χ3v) is 7.46. The van der Waals surface area contributed by atoms with Crippen LogP contribution in [-0.2, 0) is 9.53 Å². The molecule has 1 aliphatic heterocycles. The van der Waals surface area contributed by atoms with Crippen molar-refractivity contribution in [1.29, 1.82) is 0 Å². The molecule has 4 rings (SSSR count). The van der Waals surface area contributed by atoms with Gasteiger partial charge < -0.3 is 18.9 Å². The van der Waals surface area contributed by atoms with Crippen LogP contribution in [0.2, 0.25) is 0 Å². The smallest absolute Gasteiger partial charge is 0.338 e. The first-order valence-corrected chi connectivity index (χ1v) is 14.3. The highest BCUT2D eigenvalue weighted by molar-refractivity contribution is 7.07. The van der Waals surface area contributed by atoms with Gasteiger partial charge in [0, 0.05) is 5.56 Å². The number of benzene rings is 2. The van der Waals surface area contributed by atoms with E-state index < -0.39 is 12.0 Å². The van der Waals surface area contributed by atoms with Gasteiger partial charge in [-0.25, -0.2) is 9.79 Å². The van der Waals surface area contributed by atoms with E-state index in [0.29, 0.717) is 43.4 Å². The molecule has 1 aromatic heterocycles. The fourth-order valence-corrected chi connectivity index (χ4v) is 5.52. The summed E-state index contributed by atoms with van der Waals surface area (Å²) in [7, 11) is 1.59. The molecular weight excluding hydrogens is 528 g/mol. The van der Waals surface area contributed by atoms with Gasteiger partial charge in [0.05, 0.1) is 41.7 Å². The van der Waals surface area contributed by atoms with Gasteiger partial charge in [-0.2, -0.15) is 0 Å². The summed E-state index contributed by atoms with van der Waals surface area (Å²) in [5, 5.41) is 0. The Hall–Kier alpha value is -3.85. The fraction of sp³-hybridized carbons (Fsp3) is 0.387. The summed E-state index contributed by atoms with van der Waals surface area (Å²) >= 11 is 1.27. The summed E-state index contributed by atoms with van der Waals surface area (Å²) < 4.78 is 25.1. The van der Waals surface area contributed by atoms with Gasteiger partial charge in [-0.05, 0) is 70.9 Å². The van der Waals surface area contributed by atoms with E-state index in [1.165, 1.54) is 11.3 Å². The van der Waals surface area contributed by atoms with Crippen LogP contribution in [0, 0.1) is 0 Å². The molecule has 40 heavy (non-hydrogen) atoms. The predicted octanol–water partition coefficient (Wildman–Crippen LogP) is 4.77. The van der Waals surface area contributed by atoms with Crippen LogP contribution in [0.15, 0.2) is 63.5 Å². The topological polar surface area (TPSA) is 88.4 Å². The lowest BCUT2D eigenvalue weighted by Crippen LogP contribution is -2.40. The number of hydrogen-bond acceptors (Lipinski definition) is 8. The van der Waals surface area contributed by atoms with Crippen molar-refractivity contribution in [3.63, 3.8) is 0 Å². The summed E-state index contributed by atoms with van der Waals surface area (Å²) in [6.07, 6.45) is 2.61. The minimum atomic E-state index is -0.756. The molecule has 0 saturated heterocycles. The molecule has 0 fully saturated rings. The molecule has 0 spiro atoms. The highest BCUT2D eigenvalue weighted by Gasteiger charge is 2.35. The van der Waals surface area contributed by atoms with Crippen molar-refractivity contribution in [2.75, 3.05) is 13.7 Å². The molecule has 3 aromatic rings. The molecular formula is C31H36N2O6S. The molecule has 2 aromatic carbocycles. The average molecular weight is 565 g/mol. The van der Waals surface area contributed by atoms with E-state index in [-0.39, 0.29) is 24.4 Å². The summed E-state index contributed by atoms with van der Waals surface area (Å²) in [5.41, 5.74) is 2.02. The molecule has 1 aliphatic rings. The average Bonchev–Trinajstić information content (AvgIpc) is 3.22. The van der Waals surface area contributed by atoms with Crippen molar-refractivity contribution in [3.05, 3.63) is 84.5 Å². The second kappa shape index (κ2) is 12.6. The van der Waals surface area contributed by atoms with Crippen LogP contribution < -0.4 is 29.1 Å². The van der Waals surface area contributed by atoms with E-state index in [2.05, 4.69) is 11.9 Å². The van der Waals surface area contributed by atoms with Crippen molar-refractivity contribution >= 4 is 23.4 Å². The van der Waals surface area contributed by atoms with E-state index >= 15 is 0 Å². The number of para-hydroxylation sites is 1. The Kier molecular flexibility index (Phi) is 9.14. The zero-order valence-corrected chi connectivity index (χ0v) is 24.8. The van der Waals surface area contributed by atoms with Gasteiger partial charge in [0.2, 0.25) is 0 Å². The second-order valence-electron chi connectivity index (χ2n) is 9.75. The van der Waals surface area contributed by atoms with Gasteiger partial charge in [-0.15, -0.1) is 0 Å². The van der Waals surface area contributed by atoms with Crippen LogP contribution in [0.25, 0.3) is 6.08 Å². The van der Waals surface area contributed by atoms with Crippen molar-refractivity contribution in [2.45, 2.75) is 66.2 Å². The molecule has 9 heteroatoms. The standard InChI is InChI=1S/C31H36N2O6S/c1-8-19(5)39-24-15-14-21(16-25(24)36-7)17-26-29(34)33-28(22-12-10-11-13-23(22)38-18(3)4)27(30(35)37-9-2)20(6)32-31(33)40-26/h10-19,28H,8-9H2,1-7H3/b26-17+/t19-,28-/m0/s1. The van der Waals surface area contributed by atoms with Gasteiger partial charge in [0.15, 0.2) is 16.3 Å². The van der Waals surface area contributed by atoms with Crippen LogP contribution in [0.5, 0.6) is 17.2 Å². The molecule has 8 nitrogen and oxygen atoms in total. The normalized spacial score (nSPS) is 15.9. The maximum Gasteiger partial charge on any atom is 0.338 e. The Morgan fingerprint density at radius 1 is 1.07 bits per heavy atom. The fourth-order valence-electron chi connectivity index (χ4n) is 4.48. The van der Waals surface area contributed by atoms with Crippen molar-refractivity contribution in [2.24, 2.45) is 4.99 Å². The zero-order chi connectivity index (χ0) is 29.0. The summed E-state index contributed by atoms with van der Waals surface area (Å²) in [5.74, 6) is 1.31. The Morgan fingerprint density at radius 2 is 1.82 bits per heavy atom. The van der Waals surface area contributed by atoms with Gasteiger partial charge in [0.25, 0.3) is 5.56 Å². The lowest BCUT2D eigenvalue weighted by atomic mass is 9.95. The monoisotopic (exact) mass is 564 g/mol. The van der Waals surface area contributed by atoms with E-state index in [1.54, 1.807) is 31.6 Å². The molecule has 0 radical (unpaired) electrons. The number of allylic oxidation sites excluding steroid dienone is 1. The van der Waals surface area contributed by atoms with Crippen molar-refractivity contribution < 1.29 is 23.7 Å². The molecule has 0 bridgehead atoms. The summed E-state index contributed by atoms with van der Waals surface area (Å²) in [6.45, 7) is 11.6. The first kappa shape index (κ1) is 29.1. The van der Waals surface area contributed by atoms with Crippen molar-refractivity contribution in [1.82, 2.24) is 4.57 Å². The number of carbonyl (C=O) groups is 1. The summed E-state index contributed by atoms with van der Waals surface area (Å²) in [6, 6.07) is 12.3. The largest absolute Gasteiger partial charge is 0.493 e. The van der Waals surface area contributed by atoms with Crippen LogP contribution in [0.4, 0.5) is 0 Å². The highest BCUT2D eigenvalue weighted by Crippen LogP contribution is 2.36. The SMILES string of the molecule is CCOC(=O)C1=C(C)N=c2s/c(=C/c3ccc(O[C@@H](C)CC)c(OC)c3)c(=O)n2[C@H]1c1ccccc1OC(C)C. The van der Waals surface area contributed by atoms with Crippen LogP contribution in [0.1, 0.15) is 65.1 Å². The lowest BCUT2D eigenvalue weighted by Gasteiger charge is -2.26. The number of nitrogens with zero attached hydrogens (tertiary/aromatic N) is 2. The minimum Gasteiger partial charge on any atom is -0.493 e. The first-order valence-electron chi connectivity index (χ1n) is 13.5.